The molecule has 2 nitrogen and oxygen atoms in total. The van der Waals surface area contributed by atoms with Gasteiger partial charge >= 0.3 is 0 Å². The van der Waals surface area contributed by atoms with Crippen molar-refractivity contribution >= 4 is 28.3 Å². The standard InChI is InChI=1S/C13H17NOS2/c1-9(2)14-12(16)17-10(3)13(14,15)11-7-5-4-6-8-11/h4-10,15H,1-3H3. The third-order valence-corrected chi connectivity index (χ3v) is 4.69. The van der Waals surface area contributed by atoms with E-state index in [1.807, 2.05) is 42.2 Å². The molecule has 92 valence electrons. The van der Waals surface area contributed by atoms with Crippen molar-refractivity contribution in [2.24, 2.45) is 0 Å². The number of benzene rings is 1. The Morgan fingerprint density at radius 1 is 1.35 bits per heavy atom. The molecule has 0 amide bonds. The van der Waals surface area contributed by atoms with E-state index >= 15 is 0 Å². The van der Waals surface area contributed by atoms with Crippen LogP contribution in [-0.2, 0) is 5.72 Å². The van der Waals surface area contributed by atoms with E-state index in [1.165, 1.54) is 0 Å². The molecule has 1 aliphatic heterocycles. The Bertz CT molecular complexity index is 421. The molecule has 1 aromatic carbocycles. The molecule has 0 spiro atoms. The molecule has 0 bridgehead atoms. The first-order valence-electron chi connectivity index (χ1n) is 5.75. The first kappa shape index (κ1) is 12.9. The fraction of sp³-hybridized carbons (Fsp3) is 0.462. The van der Waals surface area contributed by atoms with Gasteiger partial charge in [-0.25, -0.2) is 0 Å². The number of hydrogen-bond donors (Lipinski definition) is 1. The number of nitrogens with zero attached hydrogens (tertiary/aromatic N) is 1. The first-order valence-corrected chi connectivity index (χ1v) is 7.04. The van der Waals surface area contributed by atoms with Crippen molar-refractivity contribution in [3.63, 3.8) is 0 Å². The van der Waals surface area contributed by atoms with Crippen LogP contribution in [0.2, 0.25) is 0 Å². The maximum Gasteiger partial charge on any atom is 0.177 e. The molecule has 0 saturated carbocycles. The van der Waals surface area contributed by atoms with Crippen LogP contribution in [0.4, 0.5) is 0 Å². The number of thiocarbonyl (C=S) groups is 1. The molecular weight excluding hydrogens is 250 g/mol. The fourth-order valence-electron chi connectivity index (χ4n) is 2.29. The molecule has 2 atom stereocenters. The molecule has 2 rings (SSSR count). The summed E-state index contributed by atoms with van der Waals surface area (Å²) in [6.45, 7) is 6.13. The largest absolute Gasteiger partial charge is 0.366 e. The van der Waals surface area contributed by atoms with Crippen LogP contribution in [0, 0.1) is 0 Å². The zero-order valence-electron chi connectivity index (χ0n) is 10.3. The van der Waals surface area contributed by atoms with Crippen molar-refractivity contribution in [1.29, 1.82) is 0 Å². The Balaban J connectivity index is 2.50. The van der Waals surface area contributed by atoms with Crippen LogP contribution < -0.4 is 0 Å². The molecule has 1 saturated heterocycles. The van der Waals surface area contributed by atoms with E-state index in [0.29, 0.717) is 0 Å². The number of aliphatic hydroxyl groups is 1. The van der Waals surface area contributed by atoms with Gasteiger partial charge in [-0.15, -0.1) is 0 Å². The van der Waals surface area contributed by atoms with Gasteiger partial charge in [0.2, 0.25) is 0 Å². The van der Waals surface area contributed by atoms with E-state index in [1.54, 1.807) is 11.8 Å². The molecule has 0 aliphatic carbocycles. The predicted octanol–water partition coefficient (Wildman–Crippen LogP) is 2.96. The fourth-order valence-corrected chi connectivity index (χ4v) is 4.25. The van der Waals surface area contributed by atoms with Crippen molar-refractivity contribution in [3.8, 4) is 0 Å². The maximum absolute atomic E-state index is 11.0. The summed E-state index contributed by atoms with van der Waals surface area (Å²) in [6, 6.07) is 9.96. The summed E-state index contributed by atoms with van der Waals surface area (Å²) in [5.74, 6) is 0. The van der Waals surface area contributed by atoms with Crippen LogP contribution in [0.3, 0.4) is 0 Å². The average molecular weight is 267 g/mol. The minimum absolute atomic E-state index is 0.0415. The van der Waals surface area contributed by atoms with Crippen LogP contribution in [-0.4, -0.2) is 25.6 Å². The lowest BCUT2D eigenvalue weighted by molar-refractivity contribution is -0.0789. The SMILES string of the molecule is CC(C)N1C(=S)SC(C)C1(O)c1ccccc1. The summed E-state index contributed by atoms with van der Waals surface area (Å²) in [5, 5.41) is 11.1. The van der Waals surface area contributed by atoms with Gasteiger partial charge < -0.3 is 10.0 Å². The highest BCUT2D eigenvalue weighted by molar-refractivity contribution is 8.23. The second kappa shape index (κ2) is 4.59. The van der Waals surface area contributed by atoms with Crippen molar-refractivity contribution in [2.75, 3.05) is 0 Å². The average Bonchev–Trinajstić information content (AvgIpc) is 2.51. The summed E-state index contributed by atoms with van der Waals surface area (Å²) < 4.78 is 0.777. The van der Waals surface area contributed by atoms with Gasteiger partial charge in [-0.2, -0.15) is 0 Å². The zero-order chi connectivity index (χ0) is 12.6. The number of hydrogen-bond acceptors (Lipinski definition) is 3. The van der Waals surface area contributed by atoms with Gasteiger partial charge in [0.15, 0.2) is 5.72 Å². The Hall–Kier alpha value is -0.580. The summed E-state index contributed by atoms with van der Waals surface area (Å²) in [5.41, 5.74) is -0.0782. The first-order chi connectivity index (χ1) is 7.98. The minimum atomic E-state index is -0.989. The molecule has 1 aromatic rings. The molecule has 0 aromatic heterocycles. The van der Waals surface area contributed by atoms with Crippen molar-refractivity contribution in [2.45, 2.75) is 37.8 Å². The maximum atomic E-state index is 11.0. The summed E-state index contributed by atoms with van der Waals surface area (Å²) >= 11 is 6.94. The monoisotopic (exact) mass is 267 g/mol. The Labute approximate surface area is 112 Å². The van der Waals surface area contributed by atoms with Crippen molar-refractivity contribution in [1.82, 2.24) is 4.90 Å². The molecule has 4 heteroatoms. The highest BCUT2D eigenvalue weighted by Gasteiger charge is 2.50. The normalized spacial score (nSPS) is 29.1. The van der Waals surface area contributed by atoms with E-state index in [2.05, 4.69) is 13.8 Å². The van der Waals surface area contributed by atoms with Crippen LogP contribution >= 0.6 is 24.0 Å². The van der Waals surface area contributed by atoms with E-state index < -0.39 is 5.72 Å². The third kappa shape index (κ3) is 1.98. The van der Waals surface area contributed by atoms with E-state index in [4.69, 9.17) is 12.2 Å². The molecule has 17 heavy (non-hydrogen) atoms. The Morgan fingerprint density at radius 3 is 2.47 bits per heavy atom. The second-order valence-corrected chi connectivity index (χ2v) is 6.56. The lowest BCUT2D eigenvalue weighted by Crippen LogP contribution is -2.50. The molecule has 0 radical (unpaired) electrons. The van der Waals surface area contributed by atoms with Crippen LogP contribution in [0.1, 0.15) is 26.3 Å². The zero-order valence-corrected chi connectivity index (χ0v) is 11.9. The van der Waals surface area contributed by atoms with Gasteiger partial charge in [-0.05, 0) is 20.8 Å². The van der Waals surface area contributed by atoms with Crippen LogP contribution in [0.25, 0.3) is 0 Å². The molecule has 1 fully saturated rings. The second-order valence-electron chi connectivity index (χ2n) is 4.58. The summed E-state index contributed by atoms with van der Waals surface area (Å²) in [6.07, 6.45) is 0. The van der Waals surface area contributed by atoms with Gasteiger partial charge in [0.05, 0.1) is 5.25 Å². The Morgan fingerprint density at radius 2 is 1.94 bits per heavy atom. The van der Waals surface area contributed by atoms with E-state index in [9.17, 15) is 5.11 Å². The number of thioether (sulfide) groups is 1. The molecule has 1 N–H and O–H groups in total. The van der Waals surface area contributed by atoms with Gasteiger partial charge in [-0.1, -0.05) is 54.3 Å². The topological polar surface area (TPSA) is 23.5 Å². The van der Waals surface area contributed by atoms with Gasteiger partial charge in [0, 0.05) is 11.6 Å². The minimum Gasteiger partial charge on any atom is -0.366 e. The molecule has 1 aliphatic rings. The summed E-state index contributed by atoms with van der Waals surface area (Å²) in [4.78, 5) is 1.94. The van der Waals surface area contributed by atoms with Gasteiger partial charge in [-0.3, -0.25) is 0 Å². The Kier molecular flexibility index (Phi) is 3.48. The van der Waals surface area contributed by atoms with Crippen molar-refractivity contribution < 1.29 is 5.11 Å². The third-order valence-electron chi connectivity index (χ3n) is 3.12. The lowest BCUT2D eigenvalue weighted by Gasteiger charge is -2.39. The predicted molar refractivity (Wildman–Crippen MR) is 77.0 cm³/mol. The molecular formula is C13H17NOS2. The quantitative estimate of drug-likeness (QED) is 0.832. The highest BCUT2D eigenvalue weighted by Crippen LogP contribution is 2.45. The molecule has 1 heterocycles. The van der Waals surface area contributed by atoms with Crippen LogP contribution in [0.5, 0.6) is 0 Å². The van der Waals surface area contributed by atoms with Crippen molar-refractivity contribution in [3.05, 3.63) is 35.9 Å². The number of rotatable bonds is 2. The smallest absolute Gasteiger partial charge is 0.177 e. The van der Waals surface area contributed by atoms with Gasteiger partial charge in [0.1, 0.15) is 4.32 Å². The molecule has 2 unspecified atom stereocenters. The highest BCUT2D eigenvalue weighted by atomic mass is 32.2. The van der Waals surface area contributed by atoms with E-state index in [0.717, 1.165) is 9.88 Å². The summed E-state index contributed by atoms with van der Waals surface area (Å²) in [7, 11) is 0. The van der Waals surface area contributed by atoms with E-state index in [-0.39, 0.29) is 11.3 Å². The van der Waals surface area contributed by atoms with Crippen LogP contribution in [0.15, 0.2) is 30.3 Å². The lowest BCUT2D eigenvalue weighted by atomic mass is 9.97. The van der Waals surface area contributed by atoms with Gasteiger partial charge in [0.25, 0.3) is 0 Å².